The van der Waals surface area contributed by atoms with Crippen molar-refractivity contribution >= 4 is 41.0 Å². The normalized spacial score (nSPS) is 10.8. The lowest BCUT2D eigenvalue weighted by atomic mass is 9.98. The minimum atomic E-state index is -0.549. The van der Waals surface area contributed by atoms with Crippen molar-refractivity contribution in [1.82, 2.24) is 0 Å². The van der Waals surface area contributed by atoms with Crippen LogP contribution >= 0.6 is 11.6 Å². The molecular weight excluding hydrogens is 394 g/mol. The van der Waals surface area contributed by atoms with Gasteiger partial charge in [0.1, 0.15) is 12.0 Å². The van der Waals surface area contributed by atoms with E-state index < -0.39 is 5.91 Å². The van der Waals surface area contributed by atoms with Gasteiger partial charge in [-0.1, -0.05) is 48.8 Å². The van der Waals surface area contributed by atoms with Gasteiger partial charge in [0.15, 0.2) is 6.61 Å². The Morgan fingerprint density at radius 3 is 2.66 bits per heavy atom. The maximum absolute atomic E-state index is 12.2. The lowest BCUT2D eigenvalue weighted by molar-refractivity contribution is -0.120. The van der Waals surface area contributed by atoms with E-state index in [-0.39, 0.29) is 18.4 Å². The molecule has 2 N–H and O–H groups in total. The van der Waals surface area contributed by atoms with Crippen molar-refractivity contribution in [1.29, 1.82) is 0 Å². The average molecular weight is 418 g/mol. The lowest BCUT2D eigenvalue weighted by Crippen LogP contribution is -2.19. The van der Waals surface area contributed by atoms with Gasteiger partial charge in [0, 0.05) is 10.7 Å². The highest BCUT2D eigenvalue weighted by Gasteiger charge is 2.12. The molecule has 0 saturated carbocycles. The van der Waals surface area contributed by atoms with E-state index >= 15 is 0 Å². The minimum Gasteiger partial charge on any atom is -0.495 e. The number of aryl methyl sites for hydroxylation is 1. The summed E-state index contributed by atoms with van der Waals surface area (Å²) in [4.78, 5) is 29.0. The predicted molar refractivity (Wildman–Crippen MR) is 115 cm³/mol. The number of carbonyl (C=O) groups excluding carboxylic acids is 2. The molecule has 2 aromatic rings. The molecule has 0 atom stereocenters. The molecular formula is C21H24ClN3O4. The maximum Gasteiger partial charge on any atom is 0.270 e. The number of benzene rings is 2. The molecule has 2 rings (SSSR count). The fourth-order valence-electron chi connectivity index (χ4n) is 2.64. The summed E-state index contributed by atoms with van der Waals surface area (Å²) in [7, 11) is 1.48. The molecule has 8 heteroatoms. The maximum atomic E-state index is 12.2. The van der Waals surface area contributed by atoms with Crippen LogP contribution in [-0.4, -0.2) is 31.7 Å². The second-order valence-electron chi connectivity index (χ2n) is 6.58. The number of halogens is 1. The van der Waals surface area contributed by atoms with Gasteiger partial charge >= 0.3 is 0 Å². The fraction of sp³-hybridized carbons (Fsp3) is 0.286. The summed E-state index contributed by atoms with van der Waals surface area (Å²) in [5.41, 5.74) is 3.17. The predicted octanol–water partition coefficient (Wildman–Crippen LogP) is 4.36. The first-order valence-corrected chi connectivity index (χ1v) is 9.38. The van der Waals surface area contributed by atoms with Crippen LogP contribution < -0.4 is 15.4 Å². The Balaban J connectivity index is 1.89. The summed E-state index contributed by atoms with van der Waals surface area (Å²) in [5, 5.41) is 9.40. The number of anilines is 2. The molecule has 154 valence electrons. The summed E-state index contributed by atoms with van der Waals surface area (Å²) in [5.74, 6) is -0.200. The molecule has 0 aliphatic heterocycles. The SMILES string of the molecule is COc1ccc(Cl)cc1NC(=O)/C=N\OCC(=O)Nc1c(C)cccc1C(C)C. The van der Waals surface area contributed by atoms with Crippen molar-refractivity contribution < 1.29 is 19.2 Å². The first kappa shape index (κ1) is 22.2. The summed E-state index contributed by atoms with van der Waals surface area (Å²) in [6, 6.07) is 10.7. The molecule has 0 saturated heterocycles. The Morgan fingerprint density at radius 2 is 1.97 bits per heavy atom. The van der Waals surface area contributed by atoms with Gasteiger partial charge in [-0.25, -0.2) is 0 Å². The van der Waals surface area contributed by atoms with E-state index in [4.69, 9.17) is 21.2 Å². The van der Waals surface area contributed by atoms with E-state index in [2.05, 4.69) is 29.6 Å². The summed E-state index contributed by atoms with van der Waals surface area (Å²) in [6.45, 7) is 5.71. The second-order valence-corrected chi connectivity index (χ2v) is 7.02. The highest BCUT2D eigenvalue weighted by molar-refractivity contribution is 6.33. The van der Waals surface area contributed by atoms with Gasteiger partial charge in [0.25, 0.3) is 11.8 Å². The summed E-state index contributed by atoms with van der Waals surface area (Å²) in [6.07, 6.45) is 0.931. The van der Waals surface area contributed by atoms with Crippen molar-refractivity contribution in [3.63, 3.8) is 0 Å². The van der Waals surface area contributed by atoms with Crippen molar-refractivity contribution in [2.24, 2.45) is 5.16 Å². The van der Waals surface area contributed by atoms with Gasteiger partial charge in [-0.05, 0) is 42.2 Å². The molecule has 0 aromatic heterocycles. The van der Waals surface area contributed by atoms with E-state index in [1.54, 1.807) is 18.2 Å². The molecule has 2 amide bonds. The van der Waals surface area contributed by atoms with Gasteiger partial charge < -0.3 is 20.2 Å². The standard InChI is InChI=1S/C21H24ClN3O4/c1-13(2)16-7-5-6-14(3)21(16)25-20(27)12-29-23-11-19(26)24-17-10-15(22)8-9-18(17)28-4/h5-11,13H,12H2,1-4H3,(H,24,26)(H,25,27)/b23-11-. The number of amides is 2. The number of hydrogen-bond donors (Lipinski definition) is 2. The number of methoxy groups -OCH3 is 1. The summed E-state index contributed by atoms with van der Waals surface area (Å²) < 4.78 is 5.15. The van der Waals surface area contributed by atoms with Crippen LogP contribution in [0.25, 0.3) is 0 Å². The Morgan fingerprint density at radius 1 is 1.21 bits per heavy atom. The van der Waals surface area contributed by atoms with Crippen molar-refractivity contribution in [3.8, 4) is 5.75 Å². The number of hydrogen-bond acceptors (Lipinski definition) is 5. The van der Waals surface area contributed by atoms with Crippen LogP contribution in [0, 0.1) is 6.92 Å². The molecule has 0 unspecified atom stereocenters. The van der Waals surface area contributed by atoms with Gasteiger partial charge in [-0.2, -0.15) is 0 Å². The van der Waals surface area contributed by atoms with E-state index in [0.29, 0.717) is 16.5 Å². The molecule has 7 nitrogen and oxygen atoms in total. The minimum absolute atomic E-state index is 0.260. The fourth-order valence-corrected chi connectivity index (χ4v) is 2.81. The van der Waals surface area contributed by atoms with Crippen LogP contribution in [0.1, 0.15) is 30.9 Å². The molecule has 0 spiro atoms. The number of nitrogens with one attached hydrogen (secondary N) is 2. The topological polar surface area (TPSA) is 89.0 Å². The third kappa shape index (κ3) is 6.50. The van der Waals surface area contributed by atoms with Crippen molar-refractivity contribution in [3.05, 3.63) is 52.5 Å². The van der Waals surface area contributed by atoms with Crippen LogP contribution in [0.2, 0.25) is 5.02 Å². The average Bonchev–Trinajstić information content (AvgIpc) is 2.67. The van der Waals surface area contributed by atoms with E-state index in [1.807, 2.05) is 25.1 Å². The van der Waals surface area contributed by atoms with Gasteiger partial charge in [-0.3, -0.25) is 9.59 Å². The Kier molecular flexibility index (Phi) is 8.03. The number of oxime groups is 1. The van der Waals surface area contributed by atoms with Crippen LogP contribution in [0.4, 0.5) is 11.4 Å². The van der Waals surface area contributed by atoms with Crippen molar-refractivity contribution in [2.45, 2.75) is 26.7 Å². The quantitative estimate of drug-likeness (QED) is 0.493. The number of ether oxygens (including phenoxy) is 1. The molecule has 0 aliphatic rings. The number of carbonyl (C=O) groups is 2. The van der Waals surface area contributed by atoms with E-state index in [9.17, 15) is 9.59 Å². The Labute approximate surface area is 175 Å². The first-order chi connectivity index (χ1) is 13.8. The molecule has 0 aliphatic carbocycles. The molecule has 0 heterocycles. The zero-order valence-corrected chi connectivity index (χ0v) is 17.5. The Hall–Kier alpha value is -3.06. The molecule has 0 bridgehead atoms. The number of para-hydroxylation sites is 1. The van der Waals surface area contributed by atoms with Crippen LogP contribution in [-0.2, 0) is 14.4 Å². The van der Waals surface area contributed by atoms with Crippen molar-refractivity contribution in [2.75, 3.05) is 24.4 Å². The van der Waals surface area contributed by atoms with E-state index in [0.717, 1.165) is 23.0 Å². The Bertz CT molecular complexity index is 913. The highest BCUT2D eigenvalue weighted by Crippen LogP contribution is 2.28. The monoisotopic (exact) mass is 417 g/mol. The molecule has 0 radical (unpaired) electrons. The lowest BCUT2D eigenvalue weighted by Gasteiger charge is -2.16. The smallest absolute Gasteiger partial charge is 0.270 e. The van der Waals surface area contributed by atoms with Gasteiger partial charge in [0.05, 0.1) is 12.8 Å². The zero-order chi connectivity index (χ0) is 21.4. The van der Waals surface area contributed by atoms with Gasteiger partial charge in [0.2, 0.25) is 0 Å². The highest BCUT2D eigenvalue weighted by atomic mass is 35.5. The largest absolute Gasteiger partial charge is 0.495 e. The third-order valence-electron chi connectivity index (χ3n) is 4.05. The molecule has 0 fully saturated rings. The first-order valence-electron chi connectivity index (χ1n) is 9.01. The summed E-state index contributed by atoms with van der Waals surface area (Å²) >= 11 is 5.92. The third-order valence-corrected chi connectivity index (χ3v) is 4.29. The van der Waals surface area contributed by atoms with Gasteiger partial charge in [-0.15, -0.1) is 0 Å². The van der Waals surface area contributed by atoms with Crippen LogP contribution in [0.5, 0.6) is 5.75 Å². The molecule has 2 aromatic carbocycles. The number of nitrogens with zero attached hydrogens (tertiary/aromatic N) is 1. The zero-order valence-electron chi connectivity index (χ0n) is 16.8. The second kappa shape index (κ2) is 10.5. The van der Waals surface area contributed by atoms with Crippen LogP contribution in [0.3, 0.4) is 0 Å². The van der Waals surface area contributed by atoms with Crippen LogP contribution in [0.15, 0.2) is 41.6 Å². The number of rotatable bonds is 8. The van der Waals surface area contributed by atoms with E-state index in [1.165, 1.54) is 7.11 Å². The molecule has 29 heavy (non-hydrogen) atoms.